The summed E-state index contributed by atoms with van der Waals surface area (Å²) in [5, 5.41) is 0. The summed E-state index contributed by atoms with van der Waals surface area (Å²) < 4.78 is 1.10. The third-order valence-corrected chi connectivity index (χ3v) is 2.57. The van der Waals surface area contributed by atoms with E-state index < -0.39 is 0 Å². The monoisotopic (exact) mass is 263 g/mol. The molecule has 1 aromatic rings. The largest absolute Gasteiger partial charge is 0.324 e. The zero-order valence-electron chi connectivity index (χ0n) is 7.88. The summed E-state index contributed by atoms with van der Waals surface area (Å²) >= 11 is 3.44. The quantitative estimate of drug-likeness (QED) is 0.868. The molecule has 13 heavy (non-hydrogen) atoms. The molecule has 0 amide bonds. The van der Waals surface area contributed by atoms with Gasteiger partial charge in [-0.15, -0.1) is 12.4 Å². The summed E-state index contributed by atoms with van der Waals surface area (Å²) in [6.07, 6.45) is 0.983. The van der Waals surface area contributed by atoms with E-state index in [4.69, 9.17) is 5.73 Å². The third-order valence-electron chi connectivity index (χ3n) is 2.08. The van der Waals surface area contributed by atoms with Crippen LogP contribution >= 0.6 is 28.3 Å². The Morgan fingerprint density at radius 2 is 2.08 bits per heavy atom. The van der Waals surface area contributed by atoms with Gasteiger partial charge in [0.25, 0.3) is 0 Å². The van der Waals surface area contributed by atoms with Gasteiger partial charge in [0.05, 0.1) is 0 Å². The molecular formula is C10H15BrClN. The Kier molecular flexibility index (Phi) is 5.61. The van der Waals surface area contributed by atoms with Crippen molar-refractivity contribution >= 4 is 28.3 Å². The molecule has 1 atom stereocenters. The van der Waals surface area contributed by atoms with E-state index in [9.17, 15) is 0 Å². The fraction of sp³-hybridized carbons (Fsp3) is 0.400. The number of hydrogen-bond acceptors (Lipinski definition) is 1. The second kappa shape index (κ2) is 5.63. The smallest absolute Gasteiger partial charge is 0.0295 e. The Morgan fingerprint density at radius 3 is 2.62 bits per heavy atom. The molecule has 0 unspecified atom stereocenters. The highest BCUT2D eigenvalue weighted by Gasteiger charge is 2.06. The van der Waals surface area contributed by atoms with Gasteiger partial charge in [-0.2, -0.15) is 0 Å². The maximum absolute atomic E-state index is 5.94. The molecule has 0 spiro atoms. The van der Waals surface area contributed by atoms with Crippen LogP contribution in [0.25, 0.3) is 0 Å². The molecule has 0 fully saturated rings. The number of nitrogens with two attached hydrogens (primary N) is 1. The summed E-state index contributed by atoms with van der Waals surface area (Å²) in [4.78, 5) is 0. The first-order chi connectivity index (χ1) is 5.65. The van der Waals surface area contributed by atoms with Crippen molar-refractivity contribution in [2.24, 2.45) is 5.73 Å². The Morgan fingerprint density at radius 1 is 1.46 bits per heavy atom. The molecule has 1 aromatic carbocycles. The Bertz CT molecular complexity index is 276. The van der Waals surface area contributed by atoms with E-state index in [-0.39, 0.29) is 18.4 Å². The lowest BCUT2D eigenvalue weighted by Crippen LogP contribution is -2.10. The van der Waals surface area contributed by atoms with E-state index in [1.165, 1.54) is 11.1 Å². The highest BCUT2D eigenvalue weighted by molar-refractivity contribution is 9.10. The van der Waals surface area contributed by atoms with Crippen LogP contribution in [-0.4, -0.2) is 0 Å². The van der Waals surface area contributed by atoms with Crippen LogP contribution in [0, 0.1) is 6.92 Å². The average Bonchev–Trinajstić information content (AvgIpc) is 2.08. The van der Waals surface area contributed by atoms with Gasteiger partial charge >= 0.3 is 0 Å². The van der Waals surface area contributed by atoms with Crippen LogP contribution in [0.5, 0.6) is 0 Å². The third kappa shape index (κ3) is 3.29. The van der Waals surface area contributed by atoms with Gasteiger partial charge in [-0.1, -0.05) is 28.9 Å². The lowest BCUT2D eigenvalue weighted by molar-refractivity contribution is 0.693. The van der Waals surface area contributed by atoms with Crippen molar-refractivity contribution in [1.29, 1.82) is 0 Å². The molecular weight excluding hydrogens is 249 g/mol. The normalized spacial score (nSPS) is 12.0. The first-order valence-electron chi connectivity index (χ1n) is 4.16. The molecule has 0 aliphatic rings. The maximum atomic E-state index is 5.94. The van der Waals surface area contributed by atoms with Gasteiger partial charge in [0.15, 0.2) is 0 Å². The van der Waals surface area contributed by atoms with Crippen LogP contribution in [0.3, 0.4) is 0 Å². The van der Waals surface area contributed by atoms with E-state index >= 15 is 0 Å². The Balaban J connectivity index is 0.00000144. The summed E-state index contributed by atoms with van der Waals surface area (Å²) in [7, 11) is 0. The van der Waals surface area contributed by atoms with Gasteiger partial charge < -0.3 is 5.73 Å². The summed E-state index contributed by atoms with van der Waals surface area (Å²) in [5.41, 5.74) is 8.46. The van der Waals surface area contributed by atoms with Crippen LogP contribution in [0.15, 0.2) is 22.7 Å². The number of aryl methyl sites for hydroxylation is 1. The minimum Gasteiger partial charge on any atom is -0.324 e. The molecule has 0 saturated carbocycles. The van der Waals surface area contributed by atoms with Crippen molar-refractivity contribution in [3.63, 3.8) is 0 Å². The van der Waals surface area contributed by atoms with Crippen LogP contribution in [-0.2, 0) is 0 Å². The highest BCUT2D eigenvalue weighted by atomic mass is 79.9. The predicted molar refractivity (Wildman–Crippen MR) is 63.3 cm³/mol. The van der Waals surface area contributed by atoms with Gasteiger partial charge in [-0.3, -0.25) is 0 Å². The minimum atomic E-state index is 0. The van der Waals surface area contributed by atoms with Crippen LogP contribution in [0.1, 0.15) is 30.5 Å². The zero-order valence-corrected chi connectivity index (χ0v) is 10.3. The predicted octanol–water partition coefficient (Wildman–Crippen LogP) is 3.59. The lowest BCUT2D eigenvalue weighted by atomic mass is 10.0. The second-order valence-corrected chi connectivity index (χ2v) is 3.93. The molecule has 2 N–H and O–H groups in total. The molecule has 0 aromatic heterocycles. The van der Waals surface area contributed by atoms with Gasteiger partial charge in [0.2, 0.25) is 0 Å². The second-order valence-electron chi connectivity index (χ2n) is 3.02. The first kappa shape index (κ1) is 12.9. The molecule has 0 saturated heterocycles. The van der Waals surface area contributed by atoms with Crippen molar-refractivity contribution in [3.8, 4) is 0 Å². The van der Waals surface area contributed by atoms with Crippen molar-refractivity contribution < 1.29 is 0 Å². The fourth-order valence-electron chi connectivity index (χ4n) is 1.23. The summed E-state index contributed by atoms with van der Waals surface area (Å²) in [6.45, 7) is 4.20. The SMILES string of the molecule is CC[C@H](N)c1cc(Br)ccc1C.Cl. The lowest BCUT2D eigenvalue weighted by Gasteiger charge is -2.12. The molecule has 0 radical (unpaired) electrons. The number of benzene rings is 1. The molecule has 3 heteroatoms. The highest BCUT2D eigenvalue weighted by Crippen LogP contribution is 2.22. The molecule has 0 aliphatic carbocycles. The van der Waals surface area contributed by atoms with Crippen LogP contribution in [0.2, 0.25) is 0 Å². The Labute approximate surface area is 94.3 Å². The maximum Gasteiger partial charge on any atom is 0.0295 e. The number of halogens is 2. The van der Waals surface area contributed by atoms with Crippen molar-refractivity contribution in [3.05, 3.63) is 33.8 Å². The molecule has 1 nitrogen and oxygen atoms in total. The van der Waals surface area contributed by atoms with Gasteiger partial charge in [0, 0.05) is 10.5 Å². The van der Waals surface area contributed by atoms with Crippen molar-refractivity contribution in [2.75, 3.05) is 0 Å². The fourth-order valence-corrected chi connectivity index (χ4v) is 1.61. The molecule has 0 heterocycles. The summed E-state index contributed by atoms with van der Waals surface area (Å²) in [5.74, 6) is 0. The van der Waals surface area contributed by atoms with E-state index in [2.05, 4.69) is 41.9 Å². The summed E-state index contributed by atoms with van der Waals surface area (Å²) in [6, 6.07) is 6.40. The van der Waals surface area contributed by atoms with Gasteiger partial charge in [0.1, 0.15) is 0 Å². The molecule has 0 bridgehead atoms. The van der Waals surface area contributed by atoms with E-state index in [1.807, 2.05) is 6.07 Å². The van der Waals surface area contributed by atoms with Crippen molar-refractivity contribution in [1.82, 2.24) is 0 Å². The van der Waals surface area contributed by atoms with E-state index in [1.54, 1.807) is 0 Å². The topological polar surface area (TPSA) is 26.0 Å². The average molecular weight is 265 g/mol. The van der Waals surface area contributed by atoms with E-state index in [0.29, 0.717) is 0 Å². The molecule has 74 valence electrons. The minimum absolute atomic E-state index is 0. The van der Waals surface area contributed by atoms with Crippen molar-refractivity contribution in [2.45, 2.75) is 26.3 Å². The standard InChI is InChI=1S/C10H14BrN.ClH/c1-3-10(12)9-6-8(11)5-4-7(9)2;/h4-6,10H,3,12H2,1-2H3;1H/t10-;/m0./s1. The van der Waals surface area contributed by atoms with Gasteiger partial charge in [-0.05, 0) is 36.6 Å². The molecule has 0 aliphatic heterocycles. The number of rotatable bonds is 2. The van der Waals surface area contributed by atoms with Crippen LogP contribution in [0.4, 0.5) is 0 Å². The first-order valence-corrected chi connectivity index (χ1v) is 4.96. The number of hydrogen-bond donors (Lipinski definition) is 1. The molecule has 1 rings (SSSR count). The Hall–Kier alpha value is -0.0500. The van der Waals surface area contributed by atoms with Gasteiger partial charge in [-0.25, -0.2) is 0 Å². The van der Waals surface area contributed by atoms with E-state index in [0.717, 1.165) is 10.9 Å². The zero-order chi connectivity index (χ0) is 9.14. The van der Waals surface area contributed by atoms with Crippen LogP contribution < -0.4 is 5.73 Å².